The van der Waals surface area contributed by atoms with Crippen molar-refractivity contribution < 1.29 is 0 Å². The Kier molecular flexibility index (Phi) is 0.950. The summed E-state index contributed by atoms with van der Waals surface area (Å²) in [6, 6.07) is 0. The van der Waals surface area contributed by atoms with E-state index in [2.05, 4.69) is 53.5 Å². The monoisotopic (exact) mass is 224 g/mol. The third-order valence-electron chi connectivity index (χ3n) is 3.80. The first-order valence-corrected chi connectivity index (χ1v) is 7.55. The Morgan fingerprint density at radius 2 is 2.23 bits per heavy atom. The molecule has 66 valence electrons. The van der Waals surface area contributed by atoms with Gasteiger partial charge >= 0.3 is 0 Å². The minimum Gasteiger partial charge on any atom is -0.150 e. The first kappa shape index (κ1) is 6.91. The van der Waals surface area contributed by atoms with E-state index in [4.69, 9.17) is 0 Å². The van der Waals surface area contributed by atoms with Gasteiger partial charge in [0.25, 0.3) is 0 Å². The lowest BCUT2D eigenvalue weighted by Crippen LogP contribution is -2.35. The number of hydrogen-bond acceptors (Lipinski definition) is 3. The van der Waals surface area contributed by atoms with Gasteiger partial charge in [0, 0.05) is 26.2 Å². The zero-order chi connectivity index (χ0) is 8.21. The van der Waals surface area contributed by atoms with E-state index in [1.54, 1.807) is 5.57 Å². The van der Waals surface area contributed by atoms with Gasteiger partial charge in [0.05, 0.1) is 4.75 Å². The maximum absolute atomic E-state index is 2.42. The fraction of sp³-hybridized carbons (Fsp3) is 0.600. The summed E-state index contributed by atoms with van der Waals surface area (Å²) < 4.78 is 0.620. The second kappa shape index (κ2) is 1.79. The molecule has 5 rings (SSSR count). The highest BCUT2D eigenvalue weighted by Gasteiger charge is 2.79. The molecule has 6 unspecified atom stereocenters. The molecule has 2 aliphatic carbocycles. The normalized spacial score (nSPS) is 68.3. The van der Waals surface area contributed by atoms with E-state index in [0.717, 1.165) is 26.2 Å². The summed E-state index contributed by atoms with van der Waals surface area (Å²) in [6.45, 7) is 0. The van der Waals surface area contributed by atoms with Crippen LogP contribution in [0.25, 0.3) is 0 Å². The predicted molar refractivity (Wildman–Crippen MR) is 61.7 cm³/mol. The second-order valence-corrected chi connectivity index (χ2v) is 8.45. The van der Waals surface area contributed by atoms with Crippen molar-refractivity contribution in [3.63, 3.8) is 0 Å². The van der Waals surface area contributed by atoms with Crippen molar-refractivity contribution >= 4 is 35.3 Å². The molecule has 6 atom stereocenters. The molecule has 3 heterocycles. The smallest absolute Gasteiger partial charge is 0.0672 e. The van der Waals surface area contributed by atoms with Gasteiger partial charge in [0.1, 0.15) is 0 Å². The van der Waals surface area contributed by atoms with Gasteiger partial charge in [0.15, 0.2) is 0 Å². The molecule has 13 heavy (non-hydrogen) atoms. The van der Waals surface area contributed by atoms with Crippen LogP contribution in [-0.2, 0) is 0 Å². The van der Waals surface area contributed by atoms with Crippen molar-refractivity contribution in [2.75, 3.05) is 0 Å². The zero-order valence-corrected chi connectivity index (χ0v) is 9.29. The summed E-state index contributed by atoms with van der Waals surface area (Å²) in [4.78, 5) is 0. The van der Waals surface area contributed by atoms with Crippen LogP contribution in [0.5, 0.6) is 0 Å². The molecular formula is C10H8S3. The van der Waals surface area contributed by atoms with Gasteiger partial charge in [0.2, 0.25) is 0 Å². The predicted octanol–water partition coefficient (Wildman–Crippen LogP) is 2.32. The molecule has 3 aliphatic heterocycles. The SMILES string of the molecule is C1=CC2SC23C(=C1)C1SC1C1SC13. The van der Waals surface area contributed by atoms with E-state index in [1.165, 1.54) is 0 Å². The molecule has 1 spiro atoms. The van der Waals surface area contributed by atoms with Crippen LogP contribution in [0.15, 0.2) is 23.8 Å². The molecule has 4 fully saturated rings. The largest absolute Gasteiger partial charge is 0.150 e. The Hall–Kier alpha value is 0.530. The molecule has 5 aliphatic rings. The average Bonchev–Trinajstić information content (AvgIpc) is 2.98. The second-order valence-electron chi connectivity index (χ2n) is 4.38. The van der Waals surface area contributed by atoms with E-state index in [0.29, 0.717) is 4.75 Å². The zero-order valence-electron chi connectivity index (χ0n) is 6.84. The molecule has 0 radical (unpaired) electrons. The van der Waals surface area contributed by atoms with Crippen LogP contribution in [0.4, 0.5) is 0 Å². The molecular weight excluding hydrogens is 216 g/mol. The number of rotatable bonds is 0. The van der Waals surface area contributed by atoms with Crippen molar-refractivity contribution in [3.05, 3.63) is 23.8 Å². The van der Waals surface area contributed by atoms with Crippen LogP contribution in [0, 0.1) is 0 Å². The molecule has 0 amide bonds. The number of hydrogen-bond donors (Lipinski definition) is 0. The third kappa shape index (κ3) is 0.615. The van der Waals surface area contributed by atoms with Crippen LogP contribution in [0.1, 0.15) is 0 Å². The lowest BCUT2D eigenvalue weighted by molar-refractivity contribution is 0.666. The van der Waals surface area contributed by atoms with Gasteiger partial charge in [-0.15, -0.1) is 35.3 Å². The van der Waals surface area contributed by atoms with E-state index in [9.17, 15) is 0 Å². The lowest BCUT2D eigenvalue weighted by atomic mass is 9.80. The van der Waals surface area contributed by atoms with Gasteiger partial charge in [-0.2, -0.15) is 0 Å². The summed E-state index contributed by atoms with van der Waals surface area (Å²) in [7, 11) is 0. The molecule has 3 heteroatoms. The van der Waals surface area contributed by atoms with Crippen LogP contribution < -0.4 is 0 Å². The Bertz CT molecular complexity index is 386. The van der Waals surface area contributed by atoms with E-state index < -0.39 is 0 Å². The van der Waals surface area contributed by atoms with Crippen LogP contribution in [0.2, 0.25) is 0 Å². The number of fused-ring (bicyclic) bond motifs is 4. The summed E-state index contributed by atoms with van der Waals surface area (Å²) in [5, 5.41) is 4.84. The third-order valence-corrected chi connectivity index (χ3v) is 8.72. The molecule has 0 N–H and O–H groups in total. The maximum atomic E-state index is 2.42. The topological polar surface area (TPSA) is 0 Å². The molecule has 0 aromatic heterocycles. The van der Waals surface area contributed by atoms with Crippen molar-refractivity contribution in [2.45, 2.75) is 31.0 Å². The average molecular weight is 224 g/mol. The quantitative estimate of drug-likeness (QED) is 0.580. The van der Waals surface area contributed by atoms with Crippen molar-refractivity contribution in [1.82, 2.24) is 0 Å². The van der Waals surface area contributed by atoms with Crippen molar-refractivity contribution in [2.24, 2.45) is 0 Å². The minimum absolute atomic E-state index is 0.620. The summed E-state index contributed by atoms with van der Waals surface area (Å²) in [6.07, 6.45) is 7.13. The summed E-state index contributed by atoms with van der Waals surface area (Å²) in [5.41, 5.74) is 1.80. The first-order chi connectivity index (χ1) is 6.41. The lowest BCUT2D eigenvalue weighted by Gasteiger charge is -2.22. The molecule has 0 aromatic rings. The molecule has 3 saturated heterocycles. The standard InChI is InChI=1S/C10H8S3/c1-2-4-6-7(11-6)8-9(12-8)10(4)5(3-1)13-10/h1-3,5-9H. The maximum Gasteiger partial charge on any atom is 0.0672 e. The van der Waals surface area contributed by atoms with Crippen LogP contribution >= 0.6 is 35.3 Å². The fourth-order valence-corrected chi connectivity index (χ4v) is 8.42. The van der Waals surface area contributed by atoms with Gasteiger partial charge in [-0.3, -0.25) is 0 Å². The molecule has 0 nitrogen and oxygen atoms in total. The Labute approximate surface area is 90.0 Å². The molecule has 0 aromatic carbocycles. The van der Waals surface area contributed by atoms with E-state index >= 15 is 0 Å². The Balaban J connectivity index is 1.77. The van der Waals surface area contributed by atoms with Crippen LogP contribution in [-0.4, -0.2) is 31.0 Å². The van der Waals surface area contributed by atoms with Crippen molar-refractivity contribution in [3.8, 4) is 0 Å². The van der Waals surface area contributed by atoms with E-state index in [1.807, 2.05) is 0 Å². The summed E-state index contributed by atoms with van der Waals surface area (Å²) >= 11 is 6.70. The summed E-state index contributed by atoms with van der Waals surface area (Å²) in [5.74, 6) is 0. The van der Waals surface area contributed by atoms with Crippen molar-refractivity contribution in [1.29, 1.82) is 0 Å². The number of allylic oxidation sites excluding steroid dienone is 2. The van der Waals surface area contributed by atoms with Crippen LogP contribution in [0.3, 0.4) is 0 Å². The fourth-order valence-electron chi connectivity index (χ4n) is 3.03. The van der Waals surface area contributed by atoms with Gasteiger partial charge < -0.3 is 0 Å². The van der Waals surface area contributed by atoms with Gasteiger partial charge in [-0.1, -0.05) is 18.2 Å². The highest BCUT2D eigenvalue weighted by atomic mass is 32.2. The highest BCUT2D eigenvalue weighted by Crippen LogP contribution is 2.81. The molecule has 0 bridgehead atoms. The molecule has 1 saturated carbocycles. The first-order valence-electron chi connectivity index (χ1n) is 4.79. The minimum atomic E-state index is 0.620. The Morgan fingerprint density at radius 1 is 1.23 bits per heavy atom. The van der Waals surface area contributed by atoms with E-state index in [-0.39, 0.29) is 0 Å². The Morgan fingerprint density at radius 3 is 3.23 bits per heavy atom. The number of thioether (sulfide) groups is 3. The van der Waals surface area contributed by atoms with Gasteiger partial charge in [-0.25, -0.2) is 0 Å². The van der Waals surface area contributed by atoms with Gasteiger partial charge in [-0.05, 0) is 5.57 Å². The highest BCUT2D eigenvalue weighted by molar-refractivity contribution is 8.16.